The van der Waals surface area contributed by atoms with Gasteiger partial charge in [0.2, 0.25) is 11.8 Å². The zero-order chi connectivity index (χ0) is 18.6. The van der Waals surface area contributed by atoms with E-state index in [-0.39, 0.29) is 29.6 Å². The van der Waals surface area contributed by atoms with Crippen LogP contribution in [-0.2, 0) is 14.4 Å². The Bertz CT molecular complexity index is 672. The number of allylic oxidation sites excluding steroid dienone is 5. The number of rotatable bonds is 7. The lowest BCUT2D eigenvalue weighted by atomic mass is 9.88. The Morgan fingerprint density at radius 1 is 1.20 bits per heavy atom. The van der Waals surface area contributed by atoms with Crippen LogP contribution in [-0.4, -0.2) is 23.8 Å². The van der Waals surface area contributed by atoms with E-state index in [0.29, 0.717) is 32.1 Å². The minimum Gasteiger partial charge on any atom is -0.296 e. The van der Waals surface area contributed by atoms with Gasteiger partial charge in [-0.3, -0.25) is 19.7 Å². The fourth-order valence-corrected chi connectivity index (χ4v) is 3.23. The first-order chi connectivity index (χ1) is 11.9. The van der Waals surface area contributed by atoms with E-state index in [0.717, 1.165) is 16.7 Å². The number of carbonyl (C=O) groups excluding carboxylic acids is 3. The summed E-state index contributed by atoms with van der Waals surface area (Å²) in [7, 11) is 0. The van der Waals surface area contributed by atoms with Crippen molar-refractivity contribution in [3.63, 3.8) is 0 Å². The Morgan fingerprint density at radius 3 is 2.52 bits per heavy atom. The van der Waals surface area contributed by atoms with Gasteiger partial charge in [0.05, 0.1) is 5.92 Å². The molecule has 2 aliphatic carbocycles. The molecule has 0 saturated heterocycles. The number of halogens is 1. The molecule has 0 radical (unpaired) electrons. The third kappa shape index (κ3) is 4.53. The van der Waals surface area contributed by atoms with Gasteiger partial charge in [0.25, 0.3) is 0 Å². The topological polar surface area (TPSA) is 63.2 Å². The Labute approximate surface area is 148 Å². The number of ketones is 1. The first-order valence-electron chi connectivity index (χ1n) is 9.02. The third-order valence-electron chi connectivity index (χ3n) is 4.73. The number of hydrogen-bond donors (Lipinski definition) is 1. The molecule has 1 N–H and O–H groups in total. The van der Waals surface area contributed by atoms with Crippen LogP contribution in [0.3, 0.4) is 0 Å². The quantitative estimate of drug-likeness (QED) is 0.763. The van der Waals surface area contributed by atoms with Crippen LogP contribution in [0, 0.1) is 5.92 Å². The fraction of sp³-hybridized carbons (Fsp3) is 0.550. The molecule has 2 unspecified atom stereocenters. The summed E-state index contributed by atoms with van der Waals surface area (Å²) in [6, 6.07) is 0. The highest BCUT2D eigenvalue weighted by atomic mass is 19.1. The highest BCUT2D eigenvalue weighted by Crippen LogP contribution is 2.39. The summed E-state index contributed by atoms with van der Waals surface area (Å²) in [5.74, 6) is -1.19. The van der Waals surface area contributed by atoms with Gasteiger partial charge in [-0.1, -0.05) is 31.1 Å². The zero-order valence-corrected chi connectivity index (χ0v) is 15.2. The van der Waals surface area contributed by atoms with Crippen molar-refractivity contribution in [3.8, 4) is 0 Å². The van der Waals surface area contributed by atoms with Crippen LogP contribution in [0.25, 0.3) is 0 Å². The maximum atomic E-state index is 14.3. The van der Waals surface area contributed by atoms with E-state index in [2.05, 4.69) is 5.32 Å². The Balaban J connectivity index is 2.09. The molecule has 2 amide bonds. The summed E-state index contributed by atoms with van der Waals surface area (Å²) in [6.45, 7) is 5.52. The SMILES string of the molecule is CCCC(=O)NC(=O)C(C)C1=CC2=C(C1)CC(F)C(C(=O)CCC)=C2. The van der Waals surface area contributed by atoms with Crippen LogP contribution in [0.1, 0.15) is 59.3 Å². The average Bonchev–Trinajstić information content (AvgIpc) is 2.96. The second kappa shape index (κ2) is 8.37. The van der Waals surface area contributed by atoms with Gasteiger partial charge in [0.15, 0.2) is 5.78 Å². The standard InChI is InChI=1S/C20H26FNO3/c1-4-6-18(23)16-10-14-8-13(9-15(14)11-17(16)21)12(3)20(25)22-19(24)7-5-2/h8,10,12,17H,4-7,9,11H2,1-3H3,(H,22,24,25). The lowest BCUT2D eigenvalue weighted by molar-refractivity contribution is -0.131. The first-order valence-corrected chi connectivity index (χ1v) is 9.02. The van der Waals surface area contributed by atoms with Crippen LogP contribution in [0.15, 0.2) is 34.4 Å². The molecule has 0 spiro atoms. The minimum absolute atomic E-state index is 0.139. The highest BCUT2D eigenvalue weighted by Gasteiger charge is 2.31. The molecular weight excluding hydrogens is 321 g/mol. The van der Waals surface area contributed by atoms with Gasteiger partial charge in [0.1, 0.15) is 6.17 Å². The summed E-state index contributed by atoms with van der Waals surface area (Å²) in [5.41, 5.74) is 2.88. The van der Waals surface area contributed by atoms with E-state index in [1.807, 2.05) is 19.9 Å². The summed E-state index contributed by atoms with van der Waals surface area (Å²) >= 11 is 0. The Kier molecular flexibility index (Phi) is 6.45. The molecule has 2 rings (SSSR count). The summed E-state index contributed by atoms with van der Waals surface area (Å²) in [6.07, 6.45) is 5.03. The predicted octanol–water partition coefficient (Wildman–Crippen LogP) is 3.73. The molecule has 2 atom stereocenters. The highest BCUT2D eigenvalue weighted by molar-refractivity contribution is 5.98. The second-order valence-corrected chi connectivity index (χ2v) is 6.78. The molecule has 0 saturated carbocycles. The average molecular weight is 347 g/mol. The molecule has 0 bridgehead atoms. The molecule has 25 heavy (non-hydrogen) atoms. The number of imide groups is 1. The molecule has 5 heteroatoms. The predicted molar refractivity (Wildman–Crippen MR) is 94.5 cm³/mol. The van der Waals surface area contributed by atoms with Crippen LogP contribution in [0.2, 0.25) is 0 Å². The van der Waals surface area contributed by atoms with Gasteiger partial charge in [-0.05, 0) is 37.8 Å². The smallest absolute Gasteiger partial charge is 0.233 e. The minimum atomic E-state index is -1.26. The van der Waals surface area contributed by atoms with Crippen molar-refractivity contribution < 1.29 is 18.8 Å². The Morgan fingerprint density at radius 2 is 1.88 bits per heavy atom. The van der Waals surface area contributed by atoms with Crippen molar-refractivity contribution in [2.75, 3.05) is 0 Å². The van der Waals surface area contributed by atoms with E-state index in [1.54, 1.807) is 13.0 Å². The number of nitrogens with one attached hydrogen (secondary N) is 1. The number of carbonyl (C=O) groups is 3. The first kappa shape index (κ1) is 19.3. The summed E-state index contributed by atoms with van der Waals surface area (Å²) in [4.78, 5) is 35.8. The van der Waals surface area contributed by atoms with Crippen LogP contribution in [0.5, 0.6) is 0 Å². The molecule has 0 aromatic carbocycles. The van der Waals surface area contributed by atoms with Gasteiger partial charge < -0.3 is 0 Å². The van der Waals surface area contributed by atoms with Crippen molar-refractivity contribution in [2.45, 2.75) is 65.5 Å². The van der Waals surface area contributed by atoms with Gasteiger partial charge in [0, 0.05) is 24.8 Å². The molecule has 0 heterocycles. The van der Waals surface area contributed by atoms with E-state index in [4.69, 9.17) is 0 Å². The van der Waals surface area contributed by atoms with E-state index >= 15 is 0 Å². The maximum absolute atomic E-state index is 14.3. The number of hydrogen-bond acceptors (Lipinski definition) is 3. The second-order valence-electron chi connectivity index (χ2n) is 6.78. The van der Waals surface area contributed by atoms with Crippen LogP contribution >= 0.6 is 0 Å². The van der Waals surface area contributed by atoms with Gasteiger partial charge in [-0.25, -0.2) is 4.39 Å². The van der Waals surface area contributed by atoms with Crippen LogP contribution in [0.4, 0.5) is 4.39 Å². The van der Waals surface area contributed by atoms with Crippen LogP contribution < -0.4 is 5.32 Å². The fourth-order valence-electron chi connectivity index (χ4n) is 3.23. The van der Waals surface area contributed by atoms with Crippen molar-refractivity contribution in [3.05, 3.63) is 34.4 Å². The van der Waals surface area contributed by atoms with E-state index in [1.165, 1.54) is 0 Å². The summed E-state index contributed by atoms with van der Waals surface area (Å²) < 4.78 is 14.3. The van der Waals surface area contributed by atoms with Crippen molar-refractivity contribution in [1.29, 1.82) is 0 Å². The van der Waals surface area contributed by atoms with Gasteiger partial charge in [-0.2, -0.15) is 0 Å². The zero-order valence-electron chi connectivity index (χ0n) is 15.2. The number of amides is 2. The molecule has 2 aliphatic rings. The van der Waals surface area contributed by atoms with Gasteiger partial charge in [-0.15, -0.1) is 0 Å². The maximum Gasteiger partial charge on any atom is 0.233 e. The normalized spacial score (nSPS) is 20.6. The molecule has 4 nitrogen and oxygen atoms in total. The molecular formula is C20H26FNO3. The largest absolute Gasteiger partial charge is 0.296 e. The van der Waals surface area contributed by atoms with E-state index in [9.17, 15) is 18.8 Å². The number of alkyl halides is 1. The number of Topliss-reactive ketones (excluding diaryl/α,β-unsaturated/α-hetero) is 1. The summed E-state index contributed by atoms with van der Waals surface area (Å²) in [5, 5.41) is 2.41. The molecule has 0 aliphatic heterocycles. The van der Waals surface area contributed by atoms with Crippen molar-refractivity contribution >= 4 is 17.6 Å². The monoisotopic (exact) mass is 347 g/mol. The van der Waals surface area contributed by atoms with E-state index < -0.39 is 12.1 Å². The molecule has 0 aromatic rings. The van der Waals surface area contributed by atoms with Crippen molar-refractivity contribution in [1.82, 2.24) is 5.32 Å². The third-order valence-corrected chi connectivity index (χ3v) is 4.73. The molecule has 136 valence electrons. The van der Waals surface area contributed by atoms with Crippen molar-refractivity contribution in [2.24, 2.45) is 5.92 Å². The lowest BCUT2D eigenvalue weighted by Gasteiger charge is -2.19. The lowest BCUT2D eigenvalue weighted by Crippen LogP contribution is -2.35. The van der Waals surface area contributed by atoms with Gasteiger partial charge >= 0.3 is 0 Å². The Hall–Kier alpha value is -2.04. The molecule has 0 aromatic heterocycles. The molecule has 0 fully saturated rings.